The highest BCUT2D eigenvalue weighted by Gasteiger charge is 2.26. The lowest BCUT2D eigenvalue weighted by atomic mass is 10.1. The van der Waals surface area contributed by atoms with Crippen LogP contribution in [0.25, 0.3) is 21.8 Å². The fourth-order valence-electron chi connectivity index (χ4n) is 3.34. The van der Waals surface area contributed by atoms with Crippen molar-refractivity contribution in [1.82, 2.24) is 3.97 Å². The van der Waals surface area contributed by atoms with E-state index in [2.05, 4.69) is 0 Å². The first-order chi connectivity index (χ1) is 13.1. The Morgan fingerprint density at radius 3 is 2.33 bits per heavy atom. The second-order valence-corrected chi connectivity index (χ2v) is 8.04. The van der Waals surface area contributed by atoms with Crippen LogP contribution in [0.15, 0.2) is 71.6 Å². The minimum atomic E-state index is -3.82. The molecule has 3 aromatic carbocycles. The molecule has 0 amide bonds. The largest absolute Gasteiger partial charge is 0.465 e. The Labute approximate surface area is 157 Å². The van der Waals surface area contributed by atoms with E-state index in [4.69, 9.17) is 9.47 Å². The molecule has 0 fully saturated rings. The number of benzene rings is 3. The second-order valence-electron chi connectivity index (χ2n) is 6.26. The Hall–Kier alpha value is -2.83. The lowest BCUT2D eigenvalue weighted by Crippen LogP contribution is -2.14. The molecular formula is C21H19NO4S. The van der Waals surface area contributed by atoms with Gasteiger partial charge in [-0.2, -0.15) is 0 Å². The molecule has 4 rings (SSSR count). The van der Waals surface area contributed by atoms with E-state index in [9.17, 15) is 8.42 Å². The number of aryl methyl sites for hydroxylation is 1. The number of rotatable bonds is 5. The van der Waals surface area contributed by atoms with E-state index in [0.29, 0.717) is 16.8 Å². The summed E-state index contributed by atoms with van der Waals surface area (Å²) in [5, 5.41) is 1.68. The molecule has 0 atom stereocenters. The van der Waals surface area contributed by atoms with Gasteiger partial charge in [0.15, 0.2) is 12.5 Å². The van der Waals surface area contributed by atoms with Crippen molar-refractivity contribution in [2.45, 2.75) is 11.8 Å². The van der Waals surface area contributed by atoms with Crippen molar-refractivity contribution in [3.05, 3.63) is 72.3 Å². The summed E-state index contributed by atoms with van der Waals surface area (Å²) in [6, 6.07) is 19.8. The molecule has 1 heterocycles. The molecule has 27 heavy (non-hydrogen) atoms. The number of hydrogen-bond donors (Lipinski definition) is 0. The molecule has 1 aromatic heterocycles. The monoisotopic (exact) mass is 381 g/mol. The standard InChI is InChI=1S/C21H19NO4S/c1-15-12-13-18-17-10-6-7-11-19(17)22(20(18)21(15)26-14-25-2)27(23,24)16-8-4-3-5-9-16/h3-13H,14H2,1-2H3. The van der Waals surface area contributed by atoms with Crippen LogP contribution in [0, 0.1) is 6.92 Å². The van der Waals surface area contributed by atoms with E-state index in [1.807, 2.05) is 43.3 Å². The molecule has 0 spiro atoms. The quantitative estimate of drug-likeness (QED) is 0.483. The van der Waals surface area contributed by atoms with Crippen LogP contribution in [0.5, 0.6) is 5.75 Å². The lowest BCUT2D eigenvalue weighted by Gasteiger charge is -2.14. The Balaban J connectivity index is 2.16. The number of methoxy groups -OCH3 is 1. The molecular weight excluding hydrogens is 362 g/mol. The minimum absolute atomic E-state index is 0.0346. The van der Waals surface area contributed by atoms with Crippen LogP contribution in [0.4, 0.5) is 0 Å². The van der Waals surface area contributed by atoms with Gasteiger partial charge in [-0.1, -0.05) is 48.5 Å². The van der Waals surface area contributed by atoms with E-state index in [1.165, 1.54) is 11.1 Å². The number of para-hydroxylation sites is 1. The van der Waals surface area contributed by atoms with E-state index >= 15 is 0 Å². The highest BCUT2D eigenvalue weighted by molar-refractivity contribution is 7.90. The van der Waals surface area contributed by atoms with Crippen molar-refractivity contribution in [3.8, 4) is 5.75 Å². The number of ether oxygens (including phenoxy) is 2. The maximum absolute atomic E-state index is 13.5. The van der Waals surface area contributed by atoms with Gasteiger partial charge in [0.2, 0.25) is 0 Å². The minimum Gasteiger partial charge on any atom is -0.465 e. The Kier molecular flexibility index (Phi) is 4.37. The molecule has 6 heteroatoms. The van der Waals surface area contributed by atoms with Crippen LogP contribution < -0.4 is 4.74 Å². The highest BCUT2D eigenvalue weighted by atomic mass is 32.2. The van der Waals surface area contributed by atoms with Crippen molar-refractivity contribution in [3.63, 3.8) is 0 Å². The lowest BCUT2D eigenvalue weighted by molar-refractivity contribution is 0.0516. The first-order valence-corrected chi connectivity index (χ1v) is 9.95. The summed E-state index contributed by atoms with van der Waals surface area (Å²) in [5.74, 6) is 0.505. The summed E-state index contributed by atoms with van der Waals surface area (Å²) >= 11 is 0. The van der Waals surface area contributed by atoms with Crippen LogP contribution in [0.2, 0.25) is 0 Å². The highest BCUT2D eigenvalue weighted by Crippen LogP contribution is 2.39. The summed E-state index contributed by atoms with van der Waals surface area (Å²) in [6.07, 6.45) is 0. The molecule has 5 nitrogen and oxygen atoms in total. The summed E-state index contributed by atoms with van der Waals surface area (Å²) in [5.41, 5.74) is 1.98. The van der Waals surface area contributed by atoms with E-state index in [1.54, 1.807) is 30.3 Å². The molecule has 0 bridgehead atoms. The van der Waals surface area contributed by atoms with Gasteiger partial charge in [0.05, 0.1) is 10.4 Å². The summed E-state index contributed by atoms with van der Waals surface area (Å²) < 4.78 is 39.3. The smallest absolute Gasteiger partial charge is 0.268 e. The first-order valence-electron chi connectivity index (χ1n) is 8.51. The van der Waals surface area contributed by atoms with Gasteiger partial charge >= 0.3 is 0 Å². The molecule has 138 valence electrons. The molecule has 0 saturated heterocycles. The van der Waals surface area contributed by atoms with E-state index < -0.39 is 10.0 Å². The van der Waals surface area contributed by atoms with E-state index in [0.717, 1.165) is 16.3 Å². The van der Waals surface area contributed by atoms with Gasteiger partial charge in [0.25, 0.3) is 10.0 Å². The summed E-state index contributed by atoms with van der Waals surface area (Å²) in [7, 11) is -2.28. The van der Waals surface area contributed by atoms with Gasteiger partial charge in [0.1, 0.15) is 5.52 Å². The molecule has 4 aromatic rings. The van der Waals surface area contributed by atoms with Crippen LogP contribution >= 0.6 is 0 Å². The molecule has 0 radical (unpaired) electrons. The number of fused-ring (bicyclic) bond motifs is 3. The average Bonchev–Trinajstić information content (AvgIpc) is 3.03. The zero-order chi connectivity index (χ0) is 19.0. The van der Waals surface area contributed by atoms with Crippen molar-refractivity contribution in [1.29, 1.82) is 0 Å². The topological polar surface area (TPSA) is 57.5 Å². The van der Waals surface area contributed by atoms with E-state index in [-0.39, 0.29) is 11.7 Å². The van der Waals surface area contributed by atoms with Gasteiger partial charge in [-0.15, -0.1) is 0 Å². The Morgan fingerprint density at radius 1 is 0.889 bits per heavy atom. The number of hydrogen-bond acceptors (Lipinski definition) is 4. The predicted molar refractivity (Wildman–Crippen MR) is 106 cm³/mol. The fourth-order valence-corrected chi connectivity index (χ4v) is 4.89. The van der Waals surface area contributed by atoms with Crippen LogP contribution in [-0.2, 0) is 14.8 Å². The van der Waals surface area contributed by atoms with Crippen molar-refractivity contribution < 1.29 is 17.9 Å². The third kappa shape index (κ3) is 2.78. The first kappa shape index (κ1) is 17.6. The predicted octanol–water partition coefficient (Wildman–Crippen LogP) is 4.32. The zero-order valence-corrected chi connectivity index (χ0v) is 15.9. The fraction of sp³-hybridized carbons (Fsp3) is 0.143. The van der Waals surface area contributed by atoms with Gasteiger partial charge in [-0.25, -0.2) is 12.4 Å². The SMILES string of the molecule is COCOc1c(C)ccc2c3ccccc3n(S(=O)(=O)c3ccccc3)c12. The second kappa shape index (κ2) is 6.72. The average molecular weight is 381 g/mol. The Morgan fingerprint density at radius 2 is 1.59 bits per heavy atom. The molecule has 0 aliphatic heterocycles. The van der Waals surface area contributed by atoms with Gasteiger partial charge in [-0.05, 0) is 30.7 Å². The zero-order valence-electron chi connectivity index (χ0n) is 15.0. The summed E-state index contributed by atoms with van der Waals surface area (Å²) in [6.45, 7) is 1.93. The molecule has 0 aliphatic rings. The molecule has 0 saturated carbocycles. The van der Waals surface area contributed by atoms with Crippen LogP contribution in [-0.4, -0.2) is 26.3 Å². The van der Waals surface area contributed by atoms with Gasteiger partial charge < -0.3 is 9.47 Å². The van der Waals surface area contributed by atoms with Crippen molar-refractivity contribution in [2.75, 3.05) is 13.9 Å². The number of aromatic nitrogens is 1. The van der Waals surface area contributed by atoms with Gasteiger partial charge in [0, 0.05) is 17.9 Å². The van der Waals surface area contributed by atoms with Crippen molar-refractivity contribution >= 4 is 31.8 Å². The third-order valence-corrected chi connectivity index (χ3v) is 6.27. The normalized spacial score (nSPS) is 11.9. The summed E-state index contributed by atoms with van der Waals surface area (Å²) in [4.78, 5) is 0.229. The van der Waals surface area contributed by atoms with Crippen molar-refractivity contribution in [2.24, 2.45) is 0 Å². The molecule has 0 N–H and O–H groups in total. The van der Waals surface area contributed by atoms with Crippen LogP contribution in [0.1, 0.15) is 5.56 Å². The maximum Gasteiger partial charge on any atom is 0.268 e. The maximum atomic E-state index is 13.5. The third-order valence-electron chi connectivity index (χ3n) is 4.55. The molecule has 0 aliphatic carbocycles. The number of nitrogens with zero attached hydrogens (tertiary/aromatic N) is 1. The van der Waals surface area contributed by atoms with Gasteiger partial charge in [-0.3, -0.25) is 0 Å². The Bertz CT molecular complexity index is 1230. The molecule has 0 unspecified atom stereocenters. The van der Waals surface area contributed by atoms with Crippen LogP contribution in [0.3, 0.4) is 0 Å².